The van der Waals surface area contributed by atoms with Crippen LogP contribution in [0.25, 0.3) is 0 Å². The van der Waals surface area contributed by atoms with Gasteiger partial charge >= 0.3 is 0 Å². The molecule has 6 rings (SSSR count). The molecule has 0 spiro atoms. The van der Waals surface area contributed by atoms with Gasteiger partial charge in [0.15, 0.2) is 0 Å². The number of hydrogen-bond acceptors (Lipinski definition) is 1. The highest BCUT2D eigenvalue weighted by molar-refractivity contribution is 5.25. The third kappa shape index (κ3) is 1.22. The summed E-state index contributed by atoms with van der Waals surface area (Å²) in [6.07, 6.45) is 11.8. The lowest BCUT2D eigenvalue weighted by Crippen LogP contribution is -2.44. The average molecular weight is 293 g/mol. The lowest BCUT2D eigenvalue weighted by Gasteiger charge is -2.48. The lowest BCUT2D eigenvalue weighted by molar-refractivity contribution is 0.00326. The van der Waals surface area contributed by atoms with Crippen LogP contribution in [0.5, 0.6) is 0 Å². The zero-order valence-corrected chi connectivity index (χ0v) is 13.6. The summed E-state index contributed by atoms with van der Waals surface area (Å²) in [4.78, 5) is 0. The van der Waals surface area contributed by atoms with Crippen LogP contribution < -0.4 is 0 Å². The van der Waals surface area contributed by atoms with Crippen LogP contribution in [-0.4, -0.2) is 0 Å². The summed E-state index contributed by atoms with van der Waals surface area (Å²) in [7, 11) is 0. The quantitative estimate of drug-likeness (QED) is 0.543. The van der Waals surface area contributed by atoms with Gasteiger partial charge in [-0.2, -0.15) is 5.26 Å². The van der Waals surface area contributed by atoms with Gasteiger partial charge in [-0.25, -0.2) is 0 Å². The monoisotopic (exact) mass is 293 g/mol. The molecule has 0 saturated heterocycles. The predicted octanol–water partition coefficient (Wildman–Crippen LogP) is 4.51. The number of hydrogen-bond donors (Lipinski definition) is 0. The highest BCUT2D eigenvalue weighted by Gasteiger charge is 2.71. The molecule has 12 atom stereocenters. The van der Waals surface area contributed by atoms with Crippen LogP contribution in [0.2, 0.25) is 0 Å². The zero-order valence-electron chi connectivity index (χ0n) is 13.6. The van der Waals surface area contributed by atoms with Crippen molar-refractivity contribution < 1.29 is 0 Å². The summed E-state index contributed by atoms with van der Waals surface area (Å²) in [5, 5.41) is 9.01. The molecule has 116 valence electrons. The van der Waals surface area contributed by atoms with Crippen molar-refractivity contribution >= 4 is 0 Å². The smallest absolute Gasteiger partial charge is 0.0621 e. The molecule has 0 radical (unpaired) electrons. The van der Waals surface area contributed by atoms with E-state index in [2.05, 4.69) is 25.1 Å². The second-order valence-electron chi connectivity index (χ2n) is 9.60. The van der Waals surface area contributed by atoms with Gasteiger partial charge in [-0.3, -0.25) is 0 Å². The van der Waals surface area contributed by atoms with E-state index in [9.17, 15) is 0 Å². The Morgan fingerprint density at radius 1 is 0.864 bits per heavy atom. The van der Waals surface area contributed by atoms with Crippen molar-refractivity contribution in [2.45, 2.75) is 39.0 Å². The largest absolute Gasteiger partial charge is 0.198 e. The van der Waals surface area contributed by atoms with Gasteiger partial charge in [0.2, 0.25) is 0 Å². The Morgan fingerprint density at radius 3 is 2.18 bits per heavy atom. The molecule has 0 heterocycles. The molecule has 0 amide bonds. The number of rotatable bonds is 2. The topological polar surface area (TPSA) is 23.8 Å². The second-order valence-corrected chi connectivity index (χ2v) is 9.60. The first kappa shape index (κ1) is 12.6. The Labute approximate surface area is 134 Å². The molecule has 0 N–H and O–H groups in total. The summed E-state index contributed by atoms with van der Waals surface area (Å²) >= 11 is 0. The third-order valence-electron chi connectivity index (χ3n) is 9.57. The van der Waals surface area contributed by atoms with Crippen molar-refractivity contribution in [3.63, 3.8) is 0 Å². The van der Waals surface area contributed by atoms with E-state index >= 15 is 0 Å². The highest BCUT2D eigenvalue weighted by atomic mass is 14.8. The summed E-state index contributed by atoms with van der Waals surface area (Å²) in [5.41, 5.74) is 0. The van der Waals surface area contributed by atoms with Crippen molar-refractivity contribution in [2.24, 2.45) is 71.0 Å². The van der Waals surface area contributed by atoms with E-state index in [1.54, 1.807) is 6.42 Å². The molecule has 5 saturated carbocycles. The summed E-state index contributed by atoms with van der Waals surface area (Å²) < 4.78 is 0. The maximum absolute atomic E-state index is 9.01. The van der Waals surface area contributed by atoms with Crippen molar-refractivity contribution in [3.8, 4) is 6.07 Å². The predicted molar refractivity (Wildman–Crippen MR) is 85.4 cm³/mol. The molecule has 6 aliphatic rings. The van der Waals surface area contributed by atoms with E-state index in [1.165, 1.54) is 19.3 Å². The van der Waals surface area contributed by atoms with Gasteiger partial charge in [0.05, 0.1) is 6.07 Å². The minimum absolute atomic E-state index is 0.795. The molecular weight excluding hydrogens is 266 g/mol. The van der Waals surface area contributed by atoms with Gasteiger partial charge < -0.3 is 0 Å². The first-order valence-corrected chi connectivity index (χ1v) is 9.85. The van der Waals surface area contributed by atoms with E-state index in [1.807, 2.05) is 0 Å². The fourth-order valence-corrected chi connectivity index (χ4v) is 9.41. The minimum atomic E-state index is 0.795. The average Bonchev–Trinajstić information content (AvgIpc) is 3.28. The van der Waals surface area contributed by atoms with Crippen molar-refractivity contribution in [2.75, 3.05) is 0 Å². The van der Waals surface area contributed by atoms with E-state index < -0.39 is 0 Å². The SMILES string of the molecule is CC1C(CCC#N)C2CC1C1C3CC(C4C5C=CC(C5)C34)C21. The van der Waals surface area contributed by atoms with E-state index in [-0.39, 0.29) is 0 Å². The Balaban J connectivity index is 1.35. The molecule has 6 aliphatic carbocycles. The van der Waals surface area contributed by atoms with Crippen LogP contribution in [0.15, 0.2) is 12.2 Å². The van der Waals surface area contributed by atoms with Crippen molar-refractivity contribution in [1.82, 2.24) is 0 Å². The Bertz CT molecular complexity index is 585. The molecule has 6 bridgehead atoms. The molecule has 0 aromatic carbocycles. The summed E-state index contributed by atoms with van der Waals surface area (Å²) in [6, 6.07) is 2.42. The fraction of sp³-hybridized carbons (Fsp3) is 0.857. The first-order valence-electron chi connectivity index (χ1n) is 9.85. The van der Waals surface area contributed by atoms with Crippen LogP contribution in [-0.2, 0) is 0 Å². The molecule has 0 aliphatic heterocycles. The maximum Gasteiger partial charge on any atom is 0.0621 e. The van der Waals surface area contributed by atoms with Crippen LogP contribution in [0, 0.1) is 82.3 Å². The van der Waals surface area contributed by atoms with Gasteiger partial charge in [-0.1, -0.05) is 19.1 Å². The van der Waals surface area contributed by atoms with Crippen LogP contribution in [0.3, 0.4) is 0 Å². The molecule has 22 heavy (non-hydrogen) atoms. The highest BCUT2D eigenvalue weighted by Crippen LogP contribution is 2.77. The third-order valence-corrected chi connectivity index (χ3v) is 9.57. The number of nitrogens with zero attached hydrogens (tertiary/aromatic N) is 1. The molecule has 0 aromatic rings. The Kier molecular flexibility index (Phi) is 2.30. The number of fused-ring (bicyclic) bond motifs is 16. The second kappa shape index (κ2) is 4.00. The number of nitriles is 1. The van der Waals surface area contributed by atoms with Gasteiger partial charge in [0.25, 0.3) is 0 Å². The van der Waals surface area contributed by atoms with Gasteiger partial charge in [-0.05, 0) is 96.7 Å². The fourth-order valence-electron chi connectivity index (χ4n) is 9.41. The molecule has 12 unspecified atom stereocenters. The zero-order chi connectivity index (χ0) is 14.6. The van der Waals surface area contributed by atoms with Crippen molar-refractivity contribution in [1.29, 1.82) is 5.26 Å². The molecule has 0 aromatic heterocycles. The Hall–Kier alpha value is -0.770. The standard InChI is InChI=1S/C21H27N/c1-10-13(3-2-6-22)15-8-14(10)20-16-9-17(21(15)20)19-12-5-4-11(7-12)18(16)19/h4-5,10-21H,2-3,7-9H2,1H3. The van der Waals surface area contributed by atoms with Crippen LogP contribution in [0.4, 0.5) is 0 Å². The summed E-state index contributed by atoms with van der Waals surface area (Å²) in [5.74, 6) is 12.2. The lowest BCUT2D eigenvalue weighted by atomic mass is 9.57. The molecular formula is C21H27N. The molecule has 5 fully saturated rings. The van der Waals surface area contributed by atoms with Crippen LogP contribution >= 0.6 is 0 Å². The number of allylic oxidation sites excluding steroid dienone is 2. The van der Waals surface area contributed by atoms with E-state index in [0.29, 0.717) is 0 Å². The molecule has 1 heteroatoms. The maximum atomic E-state index is 9.01. The van der Waals surface area contributed by atoms with E-state index in [4.69, 9.17) is 5.26 Å². The van der Waals surface area contributed by atoms with Gasteiger partial charge in [0.1, 0.15) is 0 Å². The van der Waals surface area contributed by atoms with E-state index in [0.717, 1.165) is 77.4 Å². The minimum Gasteiger partial charge on any atom is -0.198 e. The van der Waals surface area contributed by atoms with Gasteiger partial charge in [0, 0.05) is 6.42 Å². The first-order chi connectivity index (χ1) is 10.8. The summed E-state index contributed by atoms with van der Waals surface area (Å²) in [6.45, 7) is 2.53. The van der Waals surface area contributed by atoms with Gasteiger partial charge in [-0.15, -0.1) is 0 Å². The Morgan fingerprint density at radius 2 is 1.50 bits per heavy atom. The normalized spacial score (nSPS) is 65.1. The van der Waals surface area contributed by atoms with Crippen molar-refractivity contribution in [3.05, 3.63) is 12.2 Å². The molecule has 1 nitrogen and oxygen atoms in total. The van der Waals surface area contributed by atoms with Crippen LogP contribution in [0.1, 0.15) is 39.0 Å².